The number of carbonyl (C=O) groups excluding carboxylic acids is 1. The van der Waals surface area contributed by atoms with Gasteiger partial charge in [-0.3, -0.25) is 4.90 Å². The van der Waals surface area contributed by atoms with Gasteiger partial charge < -0.3 is 9.47 Å². The molecule has 0 aliphatic heterocycles. The molecule has 25 heavy (non-hydrogen) atoms. The Labute approximate surface area is 148 Å². The Kier molecular flexibility index (Phi) is 6.02. The van der Waals surface area contributed by atoms with E-state index in [1.54, 1.807) is 24.1 Å². The first-order valence-corrected chi connectivity index (χ1v) is 8.12. The van der Waals surface area contributed by atoms with Gasteiger partial charge in [0.2, 0.25) is 0 Å². The number of rotatable bonds is 5. The van der Waals surface area contributed by atoms with Crippen LogP contribution in [0.15, 0.2) is 48.5 Å². The second kappa shape index (κ2) is 8.01. The highest BCUT2D eigenvalue weighted by Gasteiger charge is 2.22. The number of ether oxygens (including phenoxy) is 2. The Morgan fingerprint density at radius 2 is 1.44 bits per heavy atom. The van der Waals surface area contributed by atoms with Crippen LogP contribution in [-0.4, -0.2) is 23.7 Å². The first-order chi connectivity index (χ1) is 11.8. The molecule has 0 aliphatic rings. The molecule has 134 valence electrons. The molecule has 0 aliphatic carbocycles. The van der Waals surface area contributed by atoms with E-state index in [0.29, 0.717) is 13.1 Å². The number of hydrogen-bond acceptors (Lipinski definition) is 3. The lowest BCUT2D eigenvalue weighted by Crippen LogP contribution is -2.36. The summed E-state index contributed by atoms with van der Waals surface area (Å²) in [7, 11) is 1.61. The van der Waals surface area contributed by atoms with E-state index in [0.717, 1.165) is 16.9 Å². The van der Waals surface area contributed by atoms with E-state index in [4.69, 9.17) is 9.47 Å². The van der Waals surface area contributed by atoms with Crippen LogP contribution in [0.3, 0.4) is 0 Å². The summed E-state index contributed by atoms with van der Waals surface area (Å²) in [5.41, 5.74) is 1.20. The second-order valence-corrected chi connectivity index (χ2v) is 6.81. The fourth-order valence-electron chi connectivity index (χ4n) is 2.27. The second-order valence-electron chi connectivity index (χ2n) is 6.81. The number of amides is 1. The SMILES string of the molecule is COc1ccc(CN(Cc2ccc(F)cc2)C(=O)OC(C)(C)C)cc1. The minimum Gasteiger partial charge on any atom is -0.497 e. The predicted octanol–water partition coefficient (Wildman–Crippen LogP) is 4.77. The molecule has 1 amide bonds. The van der Waals surface area contributed by atoms with E-state index in [1.807, 2.05) is 45.0 Å². The zero-order valence-electron chi connectivity index (χ0n) is 15.1. The van der Waals surface area contributed by atoms with Crippen LogP contribution in [0.1, 0.15) is 31.9 Å². The minimum atomic E-state index is -0.585. The van der Waals surface area contributed by atoms with Crippen LogP contribution in [-0.2, 0) is 17.8 Å². The highest BCUT2D eigenvalue weighted by atomic mass is 19.1. The van der Waals surface area contributed by atoms with Gasteiger partial charge in [-0.15, -0.1) is 0 Å². The molecule has 0 heterocycles. The van der Waals surface area contributed by atoms with Crippen molar-refractivity contribution in [3.63, 3.8) is 0 Å². The molecule has 0 unspecified atom stereocenters. The van der Waals surface area contributed by atoms with Crippen molar-refractivity contribution >= 4 is 6.09 Å². The summed E-state index contributed by atoms with van der Waals surface area (Å²) in [6.45, 7) is 6.20. The van der Waals surface area contributed by atoms with Gasteiger partial charge >= 0.3 is 6.09 Å². The smallest absolute Gasteiger partial charge is 0.410 e. The van der Waals surface area contributed by atoms with Crippen molar-refractivity contribution in [3.05, 3.63) is 65.5 Å². The van der Waals surface area contributed by atoms with Crippen molar-refractivity contribution in [2.45, 2.75) is 39.5 Å². The standard InChI is InChI=1S/C20H24FNO3/c1-20(2,3)25-19(23)22(13-15-5-9-17(21)10-6-15)14-16-7-11-18(24-4)12-8-16/h5-12H,13-14H2,1-4H3. The van der Waals surface area contributed by atoms with Crippen molar-refractivity contribution in [1.82, 2.24) is 4.90 Å². The first-order valence-electron chi connectivity index (χ1n) is 8.12. The summed E-state index contributed by atoms with van der Waals surface area (Å²) < 4.78 is 23.8. The van der Waals surface area contributed by atoms with Crippen LogP contribution in [0, 0.1) is 5.82 Å². The number of methoxy groups -OCH3 is 1. The van der Waals surface area contributed by atoms with Crippen molar-refractivity contribution in [1.29, 1.82) is 0 Å². The molecule has 0 aromatic heterocycles. The molecular weight excluding hydrogens is 321 g/mol. The molecule has 5 heteroatoms. The van der Waals surface area contributed by atoms with E-state index >= 15 is 0 Å². The molecular formula is C20H24FNO3. The third-order valence-electron chi connectivity index (χ3n) is 3.47. The number of benzene rings is 2. The van der Waals surface area contributed by atoms with Crippen LogP contribution >= 0.6 is 0 Å². The van der Waals surface area contributed by atoms with Gasteiger partial charge in [-0.05, 0) is 56.2 Å². The van der Waals surface area contributed by atoms with Crippen LogP contribution in [0.4, 0.5) is 9.18 Å². The maximum atomic E-state index is 13.1. The van der Waals surface area contributed by atoms with Gasteiger partial charge in [0.1, 0.15) is 17.2 Å². The zero-order valence-corrected chi connectivity index (χ0v) is 15.1. The van der Waals surface area contributed by atoms with Crippen LogP contribution in [0.5, 0.6) is 5.75 Å². The number of carbonyl (C=O) groups is 1. The Hall–Kier alpha value is -2.56. The molecule has 0 fully saturated rings. The third kappa shape index (κ3) is 6.10. The molecule has 0 spiro atoms. The maximum absolute atomic E-state index is 13.1. The summed E-state index contributed by atoms with van der Waals surface area (Å²) in [5.74, 6) is 0.453. The van der Waals surface area contributed by atoms with E-state index in [2.05, 4.69) is 0 Å². The number of nitrogens with zero attached hydrogens (tertiary/aromatic N) is 1. The van der Waals surface area contributed by atoms with Gasteiger partial charge in [0, 0.05) is 13.1 Å². The molecule has 0 N–H and O–H groups in total. The molecule has 2 aromatic rings. The Morgan fingerprint density at radius 1 is 0.960 bits per heavy atom. The molecule has 2 aromatic carbocycles. The fourth-order valence-corrected chi connectivity index (χ4v) is 2.27. The van der Waals surface area contributed by atoms with Gasteiger partial charge in [0.25, 0.3) is 0 Å². The van der Waals surface area contributed by atoms with Crippen molar-refractivity contribution < 1.29 is 18.7 Å². The van der Waals surface area contributed by atoms with Gasteiger partial charge in [0.15, 0.2) is 0 Å². The summed E-state index contributed by atoms with van der Waals surface area (Å²) >= 11 is 0. The molecule has 0 atom stereocenters. The van der Waals surface area contributed by atoms with E-state index in [1.165, 1.54) is 12.1 Å². The lowest BCUT2D eigenvalue weighted by Gasteiger charge is -2.27. The summed E-state index contributed by atoms with van der Waals surface area (Å²) in [6.07, 6.45) is -0.410. The van der Waals surface area contributed by atoms with E-state index in [-0.39, 0.29) is 5.82 Å². The third-order valence-corrected chi connectivity index (χ3v) is 3.47. The monoisotopic (exact) mass is 345 g/mol. The van der Waals surface area contributed by atoms with Gasteiger partial charge in [-0.1, -0.05) is 24.3 Å². The van der Waals surface area contributed by atoms with Gasteiger partial charge in [-0.2, -0.15) is 0 Å². The number of halogens is 1. The topological polar surface area (TPSA) is 38.8 Å². The first kappa shape index (κ1) is 18.8. The highest BCUT2D eigenvalue weighted by molar-refractivity contribution is 5.68. The Bertz CT molecular complexity index is 690. The predicted molar refractivity (Wildman–Crippen MR) is 94.9 cm³/mol. The molecule has 0 bridgehead atoms. The van der Waals surface area contributed by atoms with Crippen molar-refractivity contribution in [2.24, 2.45) is 0 Å². The summed E-state index contributed by atoms with van der Waals surface area (Å²) in [4.78, 5) is 14.2. The van der Waals surface area contributed by atoms with Crippen LogP contribution in [0.25, 0.3) is 0 Å². The van der Waals surface area contributed by atoms with Crippen LogP contribution in [0.2, 0.25) is 0 Å². The van der Waals surface area contributed by atoms with Crippen molar-refractivity contribution in [3.8, 4) is 5.75 Å². The van der Waals surface area contributed by atoms with E-state index in [9.17, 15) is 9.18 Å². The van der Waals surface area contributed by atoms with E-state index < -0.39 is 11.7 Å². The molecule has 0 saturated carbocycles. The summed E-state index contributed by atoms with van der Waals surface area (Å²) in [5, 5.41) is 0. The Balaban J connectivity index is 2.17. The Morgan fingerprint density at radius 3 is 1.88 bits per heavy atom. The normalized spacial score (nSPS) is 11.1. The maximum Gasteiger partial charge on any atom is 0.410 e. The molecule has 0 radical (unpaired) electrons. The molecule has 0 saturated heterocycles. The van der Waals surface area contributed by atoms with Crippen molar-refractivity contribution in [2.75, 3.05) is 7.11 Å². The average molecular weight is 345 g/mol. The zero-order chi connectivity index (χ0) is 18.4. The van der Waals surface area contributed by atoms with Gasteiger partial charge in [-0.25, -0.2) is 9.18 Å². The average Bonchev–Trinajstić information content (AvgIpc) is 2.55. The molecule has 2 rings (SSSR count). The fraction of sp³-hybridized carbons (Fsp3) is 0.350. The lowest BCUT2D eigenvalue weighted by molar-refractivity contribution is 0.0216. The largest absolute Gasteiger partial charge is 0.497 e. The molecule has 4 nitrogen and oxygen atoms in total. The van der Waals surface area contributed by atoms with Crippen LogP contribution < -0.4 is 4.74 Å². The highest BCUT2D eigenvalue weighted by Crippen LogP contribution is 2.18. The lowest BCUT2D eigenvalue weighted by atomic mass is 10.1. The minimum absolute atomic E-state index is 0.303. The summed E-state index contributed by atoms with van der Waals surface area (Å²) in [6, 6.07) is 13.6. The van der Waals surface area contributed by atoms with Gasteiger partial charge in [0.05, 0.1) is 7.11 Å². The number of hydrogen-bond donors (Lipinski definition) is 0. The quantitative estimate of drug-likeness (QED) is 0.783.